The molecule has 2 aliphatic heterocycles. The highest BCUT2D eigenvalue weighted by atomic mass is 32.2. The molecule has 0 saturated carbocycles. The molecule has 0 atom stereocenters. The van der Waals surface area contributed by atoms with Crippen molar-refractivity contribution in [1.29, 1.82) is 0 Å². The number of primary amides is 1. The zero-order valence-corrected chi connectivity index (χ0v) is 19.8. The molecule has 166 valence electrons. The quantitative estimate of drug-likeness (QED) is 0.546. The van der Waals surface area contributed by atoms with Crippen LogP contribution in [0.25, 0.3) is 11.3 Å². The van der Waals surface area contributed by atoms with Gasteiger partial charge in [-0.15, -0.1) is 23.7 Å². The summed E-state index contributed by atoms with van der Waals surface area (Å²) in [6.07, 6.45) is 5.99. The van der Waals surface area contributed by atoms with Crippen LogP contribution in [0.3, 0.4) is 0 Å². The van der Waals surface area contributed by atoms with Gasteiger partial charge in [0.15, 0.2) is 5.13 Å². The van der Waals surface area contributed by atoms with Crippen LogP contribution in [-0.2, 0) is 9.53 Å². The van der Waals surface area contributed by atoms with Gasteiger partial charge in [0.05, 0.1) is 5.69 Å². The van der Waals surface area contributed by atoms with Crippen molar-refractivity contribution < 1.29 is 9.53 Å². The van der Waals surface area contributed by atoms with E-state index in [1.807, 2.05) is 0 Å². The average Bonchev–Trinajstić information content (AvgIpc) is 3.26. The van der Waals surface area contributed by atoms with Crippen molar-refractivity contribution in [3.63, 3.8) is 0 Å². The summed E-state index contributed by atoms with van der Waals surface area (Å²) in [6, 6.07) is 8.46. The highest BCUT2D eigenvalue weighted by Crippen LogP contribution is 2.38. The first-order valence-corrected chi connectivity index (χ1v) is 12.1. The third-order valence-electron chi connectivity index (χ3n) is 5.37. The maximum absolute atomic E-state index is 12.1. The molecule has 6 nitrogen and oxygen atoms in total. The van der Waals surface area contributed by atoms with Gasteiger partial charge in [-0.2, -0.15) is 0 Å². The molecular formula is C23H30N4O2S2. The van der Waals surface area contributed by atoms with Crippen molar-refractivity contribution >= 4 is 34.3 Å². The van der Waals surface area contributed by atoms with Crippen LogP contribution >= 0.6 is 23.3 Å². The molecule has 31 heavy (non-hydrogen) atoms. The number of carbonyl (C=O) groups is 1. The molecule has 3 heterocycles. The molecule has 0 aliphatic carbocycles. The molecule has 0 spiro atoms. The highest BCUT2D eigenvalue weighted by molar-refractivity contribution is 7.99. The van der Waals surface area contributed by atoms with Crippen LogP contribution in [0.4, 0.5) is 5.13 Å². The fourth-order valence-corrected chi connectivity index (χ4v) is 5.82. The maximum Gasteiger partial charge on any atom is 0.235 e. The molecule has 0 bridgehead atoms. The van der Waals surface area contributed by atoms with E-state index in [1.165, 1.54) is 11.1 Å². The van der Waals surface area contributed by atoms with Gasteiger partial charge in [-0.05, 0) is 32.8 Å². The molecule has 2 saturated heterocycles. The van der Waals surface area contributed by atoms with Gasteiger partial charge in [0.1, 0.15) is 4.75 Å². The molecule has 0 radical (unpaired) electrons. The summed E-state index contributed by atoms with van der Waals surface area (Å²) in [5.41, 5.74) is 9.19. The zero-order chi connectivity index (χ0) is 22.3. The van der Waals surface area contributed by atoms with Crippen molar-refractivity contribution in [2.45, 2.75) is 31.4 Å². The number of hydrogen-bond acceptors (Lipinski definition) is 7. The fourth-order valence-electron chi connectivity index (χ4n) is 3.65. The van der Waals surface area contributed by atoms with Crippen LogP contribution in [0.15, 0.2) is 29.6 Å². The molecule has 4 rings (SSSR count). The normalized spacial score (nSPS) is 18.5. The number of hydrogen-bond donors (Lipinski definition) is 1. The Labute approximate surface area is 193 Å². The number of nitrogens with two attached hydrogens (primary N) is 1. The molecule has 2 fully saturated rings. The van der Waals surface area contributed by atoms with Crippen LogP contribution in [0.1, 0.15) is 25.3 Å². The number of amides is 1. The van der Waals surface area contributed by atoms with Crippen molar-refractivity contribution in [3.8, 4) is 23.6 Å². The lowest BCUT2D eigenvalue weighted by Crippen LogP contribution is -2.51. The van der Waals surface area contributed by atoms with Crippen LogP contribution < -0.4 is 10.6 Å². The van der Waals surface area contributed by atoms with Crippen LogP contribution in [0.2, 0.25) is 0 Å². The molecule has 1 amide bonds. The second-order valence-corrected chi connectivity index (χ2v) is 9.97. The lowest BCUT2D eigenvalue weighted by atomic mass is 9.98. The fraction of sp³-hybridized carbons (Fsp3) is 0.478. The molecule has 1 aromatic carbocycles. The van der Waals surface area contributed by atoms with Gasteiger partial charge in [-0.3, -0.25) is 4.79 Å². The monoisotopic (exact) mass is 458 g/mol. The Morgan fingerprint density at radius 1 is 1.29 bits per heavy atom. The Bertz CT molecular complexity index is 910. The highest BCUT2D eigenvalue weighted by Gasteiger charge is 2.41. The minimum atomic E-state index is -0.514. The number of nitrogens with zero attached hydrogens (tertiary/aromatic N) is 3. The van der Waals surface area contributed by atoms with Gasteiger partial charge in [0, 0.05) is 50.3 Å². The van der Waals surface area contributed by atoms with Gasteiger partial charge in [-0.1, -0.05) is 35.7 Å². The SMILES string of the molecule is C#CC.Cc1cccc(-c2csc(N3CCN(SC4(C(N)=O)CCOCC4)CC3)n2)c1. The third kappa shape index (κ3) is 6.01. The van der Waals surface area contributed by atoms with Crippen molar-refractivity contribution in [1.82, 2.24) is 9.29 Å². The Kier molecular flexibility index (Phi) is 8.38. The van der Waals surface area contributed by atoms with E-state index >= 15 is 0 Å². The number of thiazole rings is 1. The minimum Gasteiger partial charge on any atom is -0.381 e. The number of aryl methyl sites for hydroxylation is 1. The number of rotatable bonds is 5. The van der Waals surface area contributed by atoms with Gasteiger partial charge in [-0.25, -0.2) is 9.29 Å². The van der Waals surface area contributed by atoms with E-state index in [0.29, 0.717) is 26.1 Å². The van der Waals surface area contributed by atoms with Crippen LogP contribution in [-0.4, -0.2) is 59.3 Å². The predicted molar refractivity (Wildman–Crippen MR) is 130 cm³/mol. The summed E-state index contributed by atoms with van der Waals surface area (Å²) < 4.78 is 7.21. The molecule has 2 N–H and O–H groups in total. The number of carbonyl (C=O) groups excluding carboxylic acids is 1. The molecule has 8 heteroatoms. The Morgan fingerprint density at radius 3 is 2.58 bits per heavy atom. The second kappa shape index (κ2) is 11.0. The van der Waals surface area contributed by atoms with Crippen LogP contribution in [0, 0.1) is 19.3 Å². The second-order valence-electron chi connectivity index (χ2n) is 7.65. The van der Waals surface area contributed by atoms with E-state index in [-0.39, 0.29) is 5.91 Å². The lowest BCUT2D eigenvalue weighted by molar-refractivity contribution is -0.122. The average molecular weight is 459 g/mol. The van der Waals surface area contributed by atoms with E-state index < -0.39 is 4.75 Å². The third-order valence-corrected chi connectivity index (χ3v) is 7.85. The van der Waals surface area contributed by atoms with Crippen molar-refractivity contribution in [2.75, 3.05) is 44.3 Å². The smallest absolute Gasteiger partial charge is 0.235 e. The summed E-state index contributed by atoms with van der Waals surface area (Å²) in [5.74, 6) is 2.03. The minimum absolute atomic E-state index is 0.217. The summed E-state index contributed by atoms with van der Waals surface area (Å²) in [4.78, 5) is 19.3. The van der Waals surface area contributed by atoms with Gasteiger partial charge >= 0.3 is 0 Å². The topological polar surface area (TPSA) is 71.7 Å². The molecule has 2 aromatic rings. The van der Waals surface area contributed by atoms with Gasteiger partial charge in [0.2, 0.25) is 5.91 Å². The van der Waals surface area contributed by atoms with Crippen molar-refractivity contribution in [3.05, 3.63) is 35.2 Å². The first kappa shape index (κ1) is 23.6. The largest absolute Gasteiger partial charge is 0.381 e. The Hall–Kier alpha value is -2.05. The first-order chi connectivity index (χ1) is 15.0. The summed E-state index contributed by atoms with van der Waals surface area (Å²) >= 11 is 3.33. The standard InChI is InChI=1S/C20H26N4O2S2.C3H4/c1-15-3-2-4-16(13-15)17-14-27-19(22-17)23-7-9-24(10-8-23)28-20(18(21)25)5-11-26-12-6-20;1-3-2/h2-4,13-14H,5-12H2,1H3,(H2,21,25);1H,2H3. The number of piperazine rings is 1. The Balaban J connectivity index is 0.000000858. The number of aromatic nitrogens is 1. The first-order valence-electron chi connectivity index (χ1n) is 10.4. The lowest BCUT2D eigenvalue weighted by Gasteiger charge is -2.40. The van der Waals surface area contributed by atoms with E-state index in [9.17, 15) is 4.79 Å². The predicted octanol–water partition coefficient (Wildman–Crippen LogP) is 3.56. The number of benzene rings is 1. The molecular weight excluding hydrogens is 428 g/mol. The van der Waals surface area contributed by atoms with E-state index in [0.717, 1.165) is 37.0 Å². The number of ether oxygens (including phenoxy) is 1. The summed E-state index contributed by atoms with van der Waals surface area (Å²) in [6.45, 7) is 8.55. The maximum atomic E-state index is 12.1. The van der Waals surface area contributed by atoms with Crippen molar-refractivity contribution in [2.24, 2.45) is 5.73 Å². The van der Waals surface area contributed by atoms with Crippen LogP contribution in [0.5, 0.6) is 0 Å². The number of terminal acetylenes is 1. The summed E-state index contributed by atoms with van der Waals surface area (Å²) in [5, 5.41) is 3.20. The zero-order valence-electron chi connectivity index (χ0n) is 18.2. The molecule has 1 aromatic heterocycles. The van der Waals surface area contributed by atoms with Gasteiger partial charge in [0.25, 0.3) is 0 Å². The summed E-state index contributed by atoms with van der Waals surface area (Å²) in [7, 11) is 0. The van der Waals surface area contributed by atoms with E-state index in [2.05, 4.69) is 58.1 Å². The number of anilines is 1. The Morgan fingerprint density at radius 2 is 1.97 bits per heavy atom. The van der Waals surface area contributed by atoms with E-state index in [1.54, 1.807) is 30.2 Å². The molecule has 2 aliphatic rings. The van der Waals surface area contributed by atoms with Gasteiger partial charge < -0.3 is 15.4 Å². The molecule has 0 unspecified atom stereocenters. The van der Waals surface area contributed by atoms with E-state index in [4.69, 9.17) is 15.5 Å².